The highest BCUT2D eigenvalue weighted by Gasteiger charge is 2.05. The van der Waals surface area contributed by atoms with E-state index >= 15 is 0 Å². The lowest BCUT2D eigenvalue weighted by atomic mass is 9.94. The predicted octanol–water partition coefficient (Wildman–Crippen LogP) is 4.51. The van der Waals surface area contributed by atoms with Gasteiger partial charge in [0.2, 0.25) is 0 Å². The third kappa shape index (κ3) is 4.25. The van der Waals surface area contributed by atoms with Crippen molar-refractivity contribution in [3.63, 3.8) is 0 Å². The van der Waals surface area contributed by atoms with Crippen LogP contribution in [-0.2, 0) is 19.3 Å². The molecule has 2 aromatic carbocycles. The predicted molar refractivity (Wildman–Crippen MR) is 86.6 cm³/mol. The molecule has 0 aliphatic heterocycles. The molecule has 21 heavy (non-hydrogen) atoms. The second kappa shape index (κ2) is 7.95. The van der Waals surface area contributed by atoms with Crippen molar-refractivity contribution >= 4 is 0 Å². The number of aliphatic hydroxyl groups excluding tert-OH is 2. The standard InChI is InChI=1S/C19H20O2/c20-13-5-11-16-7-1-3-9-18(16)15-19-10-4-2-8-17(19)12-6-14-21/h1-10,13-14,20-21H,11-12,15H2. The quantitative estimate of drug-likeness (QED) is 0.764. The third-order valence-electron chi connectivity index (χ3n) is 3.50. The first kappa shape index (κ1) is 14.9. The molecule has 2 rings (SSSR count). The summed E-state index contributed by atoms with van der Waals surface area (Å²) in [4.78, 5) is 0. The third-order valence-corrected chi connectivity index (χ3v) is 3.50. The first-order valence-corrected chi connectivity index (χ1v) is 7.07. The fourth-order valence-electron chi connectivity index (χ4n) is 2.42. The zero-order valence-corrected chi connectivity index (χ0v) is 11.9. The van der Waals surface area contributed by atoms with E-state index in [0.717, 1.165) is 31.8 Å². The van der Waals surface area contributed by atoms with Crippen LogP contribution in [0.4, 0.5) is 0 Å². The minimum absolute atomic E-state index is 0.728. The van der Waals surface area contributed by atoms with Gasteiger partial charge in [0.15, 0.2) is 0 Å². The maximum atomic E-state index is 8.84. The second-order valence-corrected chi connectivity index (χ2v) is 4.89. The molecule has 0 unspecified atom stereocenters. The highest BCUT2D eigenvalue weighted by atomic mass is 16.2. The molecule has 0 radical (unpaired) electrons. The van der Waals surface area contributed by atoms with E-state index < -0.39 is 0 Å². The lowest BCUT2D eigenvalue weighted by Gasteiger charge is -2.11. The van der Waals surface area contributed by atoms with Crippen LogP contribution in [0.1, 0.15) is 22.3 Å². The molecular weight excluding hydrogens is 260 g/mol. The molecule has 0 fully saturated rings. The minimum atomic E-state index is 0.728. The van der Waals surface area contributed by atoms with Crippen LogP contribution in [0.2, 0.25) is 0 Å². The monoisotopic (exact) mass is 280 g/mol. The molecule has 2 nitrogen and oxygen atoms in total. The Morgan fingerprint density at radius 1 is 0.619 bits per heavy atom. The van der Waals surface area contributed by atoms with E-state index in [-0.39, 0.29) is 0 Å². The lowest BCUT2D eigenvalue weighted by Crippen LogP contribution is -1.98. The Morgan fingerprint density at radius 3 is 1.38 bits per heavy atom. The Hall–Kier alpha value is -2.48. The highest BCUT2D eigenvalue weighted by Crippen LogP contribution is 2.19. The zero-order chi connectivity index (χ0) is 14.9. The summed E-state index contributed by atoms with van der Waals surface area (Å²) in [6, 6.07) is 16.5. The van der Waals surface area contributed by atoms with Crippen molar-refractivity contribution in [3.05, 3.63) is 95.5 Å². The van der Waals surface area contributed by atoms with E-state index in [1.807, 2.05) is 24.3 Å². The van der Waals surface area contributed by atoms with Gasteiger partial charge in [0.1, 0.15) is 0 Å². The lowest BCUT2D eigenvalue weighted by molar-refractivity contribution is 0.471. The Labute approximate surface area is 125 Å². The first-order valence-electron chi connectivity index (χ1n) is 7.07. The van der Waals surface area contributed by atoms with Gasteiger partial charge in [-0.15, -0.1) is 0 Å². The van der Waals surface area contributed by atoms with Gasteiger partial charge in [0.25, 0.3) is 0 Å². The van der Waals surface area contributed by atoms with Gasteiger partial charge in [-0.05, 0) is 53.7 Å². The summed E-state index contributed by atoms with van der Waals surface area (Å²) in [6.45, 7) is 0. The Kier molecular flexibility index (Phi) is 5.65. The van der Waals surface area contributed by atoms with E-state index in [0.29, 0.717) is 0 Å². The summed E-state index contributed by atoms with van der Waals surface area (Å²) in [5.41, 5.74) is 4.96. The van der Waals surface area contributed by atoms with Crippen molar-refractivity contribution in [3.8, 4) is 0 Å². The Morgan fingerprint density at radius 2 is 1.00 bits per heavy atom. The summed E-state index contributed by atoms with van der Waals surface area (Å²) in [5, 5.41) is 17.7. The van der Waals surface area contributed by atoms with Crippen molar-refractivity contribution in [1.29, 1.82) is 0 Å². The molecule has 0 atom stereocenters. The maximum absolute atomic E-state index is 8.84. The molecule has 0 amide bonds. The summed E-state index contributed by atoms with van der Waals surface area (Å²) >= 11 is 0. The summed E-state index contributed by atoms with van der Waals surface area (Å²) in [6.07, 6.45) is 7.99. The molecule has 0 heterocycles. The van der Waals surface area contributed by atoms with Crippen LogP contribution in [0.3, 0.4) is 0 Å². The van der Waals surface area contributed by atoms with Gasteiger partial charge in [0, 0.05) is 0 Å². The molecule has 2 N–H and O–H groups in total. The number of benzene rings is 2. The van der Waals surface area contributed by atoms with Crippen LogP contribution in [0.15, 0.2) is 73.2 Å². The van der Waals surface area contributed by atoms with Crippen LogP contribution in [0.25, 0.3) is 0 Å². The fourth-order valence-corrected chi connectivity index (χ4v) is 2.42. The summed E-state index contributed by atoms with van der Waals surface area (Å²) in [7, 11) is 0. The number of aliphatic hydroxyl groups is 2. The molecular formula is C19H20O2. The molecule has 108 valence electrons. The fraction of sp³-hybridized carbons (Fsp3) is 0.158. The summed E-state index contributed by atoms with van der Waals surface area (Å²) < 4.78 is 0. The van der Waals surface area contributed by atoms with Crippen LogP contribution in [-0.4, -0.2) is 10.2 Å². The topological polar surface area (TPSA) is 40.5 Å². The summed E-state index contributed by atoms with van der Waals surface area (Å²) in [5.74, 6) is 0. The van der Waals surface area contributed by atoms with Crippen LogP contribution < -0.4 is 0 Å². The molecule has 2 heteroatoms. The van der Waals surface area contributed by atoms with Gasteiger partial charge < -0.3 is 10.2 Å². The number of hydrogen-bond donors (Lipinski definition) is 2. The average molecular weight is 280 g/mol. The molecule has 0 saturated heterocycles. The number of hydrogen-bond acceptors (Lipinski definition) is 2. The van der Waals surface area contributed by atoms with Crippen molar-refractivity contribution in [2.75, 3.05) is 0 Å². The molecule has 0 aromatic heterocycles. The molecule has 0 saturated carbocycles. The molecule has 0 spiro atoms. The van der Waals surface area contributed by atoms with E-state index in [1.165, 1.54) is 22.3 Å². The average Bonchev–Trinajstić information content (AvgIpc) is 2.53. The van der Waals surface area contributed by atoms with Gasteiger partial charge >= 0.3 is 0 Å². The maximum Gasteiger partial charge on any atom is 0.0755 e. The smallest absolute Gasteiger partial charge is 0.0755 e. The Bertz CT molecular complexity index is 571. The zero-order valence-electron chi connectivity index (χ0n) is 11.9. The van der Waals surface area contributed by atoms with Crippen LogP contribution in [0.5, 0.6) is 0 Å². The van der Waals surface area contributed by atoms with Gasteiger partial charge in [-0.25, -0.2) is 0 Å². The van der Waals surface area contributed by atoms with Gasteiger partial charge in [0.05, 0.1) is 12.5 Å². The second-order valence-electron chi connectivity index (χ2n) is 4.89. The normalized spacial score (nSPS) is 11.4. The molecule has 2 aromatic rings. The van der Waals surface area contributed by atoms with E-state index in [9.17, 15) is 0 Å². The molecule has 0 bridgehead atoms. The minimum Gasteiger partial charge on any atom is -0.516 e. The van der Waals surface area contributed by atoms with Crippen molar-refractivity contribution in [1.82, 2.24) is 0 Å². The van der Waals surface area contributed by atoms with E-state index in [4.69, 9.17) is 10.2 Å². The van der Waals surface area contributed by atoms with Crippen LogP contribution in [0, 0.1) is 0 Å². The van der Waals surface area contributed by atoms with Gasteiger partial charge in [-0.3, -0.25) is 0 Å². The van der Waals surface area contributed by atoms with Gasteiger partial charge in [-0.2, -0.15) is 0 Å². The van der Waals surface area contributed by atoms with Crippen molar-refractivity contribution in [2.45, 2.75) is 19.3 Å². The number of allylic oxidation sites excluding steroid dienone is 2. The van der Waals surface area contributed by atoms with Crippen LogP contribution >= 0.6 is 0 Å². The molecule has 0 aliphatic rings. The van der Waals surface area contributed by atoms with Crippen molar-refractivity contribution in [2.24, 2.45) is 0 Å². The largest absolute Gasteiger partial charge is 0.516 e. The van der Waals surface area contributed by atoms with E-state index in [1.54, 1.807) is 12.2 Å². The first-order chi connectivity index (χ1) is 10.3. The molecule has 0 aliphatic carbocycles. The SMILES string of the molecule is OC=CCc1ccccc1Cc1ccccc1CC=CO. The Balaban J connectivity index is 2.26. The number of rotatable bonds is 6. The van der Waals surface area contributed by atoms with Crippen molar-refractivity contribution < 1.29 is 10.2 Å². The highest BCUT2D eigenvalue weighted by molar-refractivity contribution is 5.38. The van der Waals surface area contributed by atoms with Gasteiger partial charge in [-0.1, -0.05) is 48.5 Å². The van der Waals surface area contributed by atoms with E-state index in [2.05, 4.69) is 24.3 Å².